The first-order valence-corrected chi connectivity index (χ1v) is 7.50. The molecule has 1 aliphatic rings. The molecule has 0 saturated heterocycles. The standard InChI is InChI=1S/C16H17ClN2O2/c1-2-19-6-5-15-13(9-19)11(8-16(20)21)12-7-10(17)3-4-14(12)18-15/h3-4,7H,2,5-6,8-9H2,1H3,(H,20,21). The summed E-state index contributed by atoms with van der Waals surface area (Å²) >= 11 is 6.08. The van der Waals surface area contributed by atoms with Crippen molar-refractivity contribution in [2.24, 2.45) is 0 Å². The van der Waals surface area contributed by atoms with Crippen LogP contribution in [0.2, 0.25) is 5.02 Å². The van der Waals surface area contributed by atoms with E-state index in [-0.39, 0.29) is 6.42 Å². The Morgan fingerprint density at radius 2 is 2.29 bits per heavy atom. The molecule has 0 fully saturated rings. The van der Waals surface area contributed by atoms with Gasteiger partial charge in [0.1, 0.15) is 0 Å². The Kier molecular flexibility index (Phi) is 3.83. The van der Waals surface area contributed by atoms with Crippen molar-refractivity contribution in [1.82, 2.24) is 9.88 Å². The number of rotatable bonds is 3. The predicted octanol–water partition coefficient (Wildman–Crippen LogP) is 2.89. The van der Waals surface area contributed by atoms with E-state index in [1.807, 2.05) is 12.1 Å². The van der Waals surface area contributed by atoms with Crippen molar-refractivity contribution < 1.29 is 9.90 Å². The van der Waals surface area contributed by atoms with Gasteiger partial charge in [-0.05, 0) is 35.9 Å². The molecular formula is C16H17ClN2O2. The van der Waals surface area contributed by atoms with Crippen molar-refractivity contribution in [3.05, 3.63) is 40.0 Å². The summed E-state index contributed by atoms with van der Waals surface area (Å²) in [6.07, 6.45) is 0.883. The quantitative estimate of drug-likeness (QED) is 0.947. The van der Waals surface area contributed by atoms with Crippen LogP contribution >= 0.6 is 11.6 Å². The summed E-state index contributed by atoms with van der Waals surface area (Å²) in [6.45, 7) is 4.82. The van der Waals surface area contributed by atoms with E-state index >= 15 is 0 Å². The highest BCUT2D eigenvalue weighted by atomic mass is 35.5. The molecular weight excluding hydrogens is 288 g/mol. The first-order chi connectivity index (χ1) is 10.1. The van der Waals surface area contributed by atoms with Crippen molar-refractivity contribution in [1.29, 1.82) is 0 Å². The zero-order chi connectivity index (χ0) is 15.0. The Morgan fingerprint density at radius 3 is 3.00 bits per heavy atom. The summed E-state index contributed by atoms with van der Waals surface area (Å²) in [5.74, 6) is -0.821. The fourth-order valence-corrected chi connectivity index (χ4v) is 3.15. The molecule has 110 valence electrons. The molecule has 0 unspecified atom stereocenters. The topological polar surface area (TPSA) is 53.4 Å². The minimum absolute atomic E-state index is 0.0131. The van der Waals surface area contributed by atoms with Crippen LogP contribution < -0.4 is 0 Å². The molecule has 5 heteroatoms. The van der Waals surface area contributed by atoms with Crippen LogP contribution in [0, 0.1) is 0 Å². The average Bonchev–Trinajstić information content (AvgIpc) is 2.47. The van der Waals surface area contributed by atoms with E-state index in [1.54, 1.807) is 6.07 Å². The number of carbonyl (C=O) groups is 1. The van der Waals surface area contributed by atoms with Gasteiger partial charge in [0.25, 0.3) is 0 Å². The zero-order valence-electron chi connectivity index (χ0n) is 11.9. The molecule has 1 aromatic carbocycles. The highest BCUT2D eigenvalue weighted by Crippen LogP contribution is 2.30. The van der Waals surface area contributed by atoms with Crippen molar-refractivity contribution >= 4 is 28.5 Å². The van der Waals surface area contributed by atoms with E-state index in [0.29, 0.717) is 5.02 Å². The molecule has 0 spiro atoms. The first kappa shape index (κ1) is 14.3. The van der Waals surface area contributed by atoms with E-state index in [2.05, 4.69) is 11.8 Å². The molecule has 1 aliphatic heterocycles. The smallest absolute Gasteiger partial charge is 0.307 e. The van der Waals surface area contributed by atoms with Gasteiger partial charge in [0, 0.05) is 35.6 Å². The van der Waals surface area contributed by atoms with Crippen molar-refractivity contribution in [2.75, 3.05) is 13.1 Å². The largest absolute Gasteiger partial charge is 0.481 e. The van der Waals surface area contributed by atoms with Gasteiger partial charge < -0.3 is 5.11 Å². The lowest BCUT2D eigenvalue weighted by Gasteiger charge is -2.29. The van der Waals surface area contributed by atoms with Crippen LogP contribution in [0.25, 0.3) is 10.9 Å². The number of halogens is 1. The summed E-state index contributed by atoms with van der Waals surface area (Å²) in [7, 11) is 0. The van der Waals surface area contributed by atoms with Crippen LogP contribution in [0.15, 0.2) is 18.2 Å². The van der Waals surface area contributed by atoms with Crippen molar-refractivity contribution in [3.63, 3.8) is 0 Å². The maximum absolute atomic E-state index is 11.3. The summed E-state index contributed by atoms with van der Waals surface area (Å²) in [6, 6.07) is 5.50. The van der Waals surface area contributed by atoms with Gasteiger partial charge in [-0.25, -0.2) is 0 Å². The number of hydrogen-bond donors (Lipinski definition) is 1. The van der Waals surface area contributed by atoms with Gasteiger partial charge in [0.05, 0.1) is 11.9 Å². The van der Waals surface area contributed by atoms with Crippen LogP contribution in [-0.4, -0.2) is 34.0 Å². The zero-order valence-corrected chi connectivity index (χ0v) is 12.7. The Labute approximate surface area is 128 Å². The van der Waals surface area contributed by atoms with Crippen molar-refractivity contribution in [3.8, 4) is 0 Å². The predicted molar refractivity (Wildman–Crippen MR) is 82.7 cm³/mol. The molecule has 3 rings (SSSR count). The fourth-order valence-electron chi connectivity index (χ4n) is 2.98. The molecule has 21 heavy (non-hydrogen) atoms. The second kappa shape index (κ2) is 5.62. The summed E-state index contributed by atoms with van der Waals surface area (Å²) in [5, 5.41) is 10.7. The van der Waals surface area contributed by atoms with Crippen LogP contribution in [0.4, 0.5) is 0 Å². The third-order valence-electron chi connectivity index (χ3n) is 4.07. The second-order valence-corrected chi connectivity index (χ2v) is 5.80. The lowest BCUT2D eigenvalue weighted by molar-refractivity contribution is -0.136. The number of carboxylic acids is 1. The third-order valence-corrected chi connectivity index (χ3v) is 4.31. The molecule has 0 radical (unpaired) electrons. The molecule has 0 saturated carbocycles. The number of hydrogen-bond acceptors (Lipinski definition) is 3. The molecule has 1 N–H and O–H groups in total. The molecule has 0 aliphatic carbocycles. The number of carboxylic acid groups (broad SMARTS) is 1. The van der Waals surface area contributed by atoms with Crippen LogP contribution in [0.5, 0.6) is 0 Å². The highest BCUT2D eigenvalue weighted by Gasteiger charge is 2.22. The van der Waals surface area contributed by atoms with Gasteiger partial charge >= 0.3 is 5.97 Å². The monoisotopic (exact) mass is 304 g/mol. The Hall–Kier alpha value is -1.65. The lowest BCUT2D eigenvalue weighted by Crippen LogP contribution is -2.32. The molecule has 4 nitrogen and oxygen atoms in total. The highest BCUT2D eigenvalue weighted by molar-refractivity contribution is 6.31. The average molecular weight is 305 g/mol. The molecule has 2 heterocycles. The van der Waals surface area contributed by atoms with E-state index in [9.17, 15) is 9.90 Å². The summed E-state index contributed by atoms with van der Waals surface area (Å²) < 4.78 is 0. The van der Waals surface area contributed by atoms with E-state index in [4.69, 9.17) is 16.6 Å². The Balaban J connectivity index is 2.23. The molecule has 0 bridgehead atoms. The molecule has 1 aromatic heterocycles. The number of aromatic nitrogens is 1. The molecule has 0 amide bonds. The van der Waals surface area contributed by atoms with Crippen molar-refractivity contribution in [2.45, 2.75) is 26.3 Å². The first-order valence-electron chi connectivity index (χ1n) is 7.12. The van der Waals surface area contributed by atoms with E-state index in [0.717, 1.165) is 53.8 Å². The van der Waals surface area contributed by atoms with Gasteiger partial charge in [-0.15, -0.1) is 0 Å². The van der Waals surface area contributed by atoms with Gasteiger partial charge in [-0.1, -0.05) is 18.5 Å². The van der Waals surface area contributed by atoms with Crippen LogP contribution in [0.1, 0.15) is 23.7 Å². The Bertz CT molecular complexity index is 715. The van der Waals surface area contributed by atoms with Crippen LogP contribution in [0.3, 0.4) is 0 Å². The van der Waals surface area contributed by atoms with E-state index in [1.165, 1.54) is 0 Å². The number of nitrogens with zero attached hydrogens (tertiary/aromatic N) is 2. The molecule has 0 atom stereocenters. The number of pyridine rings is 1. The van der Waals surface area contributed by atoms with E-state index < -0.39 is 5.97 Å². The van der Waals surface area contributed by atoms with Gasteiger partial charge in [-0.3, -0.25) is 14.7 Å². The summed E-state index contributed by atoms with van der Waals surface area (Å²) in [4.78, 5) is 18.3. The molecule has 2 aromatic rings. The number of aliphatic carboxylic acids is 1. The van der Waals surface area contributed by atoms with Crippen LogP contribution in [-0.2, 0) is 24.2 Å². The fraction of sp³-hybridized carbons (Fsp3) is 0.375. The van der Waals surface area contributed by atoms with Gasteiger partial charge in [-0.2, -0.15) is 0 Å². The number of fused-ring (bicyclic) bond motifs is 2. The number of likely N-dealkylation sites (N-methyl/N-ethyl adjacent to an activating group) is 1. The lowest BCUT2D eigenvalue weighted by atomic mass is 9.94. The second-order valence-electron chi connectivity index (χ2n) is 5.37. The maximum atomic E-state index is 11.3. The SMILES string of the molecule is CCN1CCc2nc3ccc(Cl)cc3c(CC(=O)O)c2C1. The minimum Gasteiger partial charge on any atom is -0.481 e. The normalized spacial score (nSPS) is 15.1. The minimum atomic E-state index is -0.821. The van der Waals surface area contributed by atoms with Gasteiger partial charge in [0.2, 0.25) is 0 Å². The third kappa shape index (κ3) is 2.74. The maximum Gasteiger partial charge on any atom is 0.307 e. The van der Waals surface area contributed by atoms with Gasteiger partial charge in [0.15, 0.2) is 0 Å². The summed E-state index contributed by atoms with van der Waals surface area (Å²) in [5.41, 5.74) is 3.80. The number of benzene rings is 1. The Morgan fingerprint density at radius 1 is 1.48 bits per heavy atom.